The van der Waals surface area contributed by atoms with Gasteiger partial charge in [-0.3, -0.25) is 9.59 Å². The Balaban J connectivity index is 2.33. The lowest BCUT2D eigenvalue weighted by atomic mass is 10.1. The Morgan fingerprint density at radius 3 is 2.82 bits per heavy atom. The lowest BCUT2D eigenvalue weighted by molar-refractivity contribution is -0.137. The van der Waals surface area contributed by atoms with Gasteiger partial charge in [0, 0.05) is 13.0 Å². The molecule has 1 aromatic heterocycles. The second-order valence-corrected chi connectivity index (χ2v) is 5.17. The first-order valence-corrected chi connectivity index (χ1v) is 6.49. The number of carbonyl (C=O) groups is 2. The minimum Gasteiger partial charge on any atom is -0.481 e. The van der Waals surface area contributed by atoms with Crippen LogP contribution in [0.5, 0.6) is 0 Å². The van der Waals surface area contributed by atoms with Crippen molar-refractivity contribution in [2.45, 2.75) is 19.8 Å². The molecule has 6 heteroatoms. The van der Waals surface area contributed by atoms with Crippen molar-refractivity contribution in [3.8, 4) is 0 Å². The molecule has 0 aliphatic rings. The normalized spacial score (nSPS) is 12.1. The average Bonchev–Trinajstić information content (AvgIpc) is 2.69. The standard InChI is InChI=1S/C11H14ClNO3S/c1-7(2-3-9(14)15)6-13-11(16)10-8(12)4-5-17-10/h4-5,7H,2-3,6H2,1H3,(H,13,16)(H,14,15). The Labute approximate surface area is 109 Å². The van der Waals surface area contributed by atoms with Gasteiger partial charge >= 0.3 is 5.97 Å². The summed E-state index contributed by atoms with van der Waals surface area (Å²) in [5.41, 5.74) is 0. The van der Waals surface area contributed by atoms with Crippen LogP contribution in [-0.2, 0) is 4.79 Å². The minimum atomic E-state index is -0.815. The third-order valence-electron chi connectivity index (χ3n) is 2.29. The molecule has 17 heavy (non-hydrogen) atoms. The van der Waals surface area contributed by atoms with Gasteiger partial charge in [-0.15, -0.1) is 11.3 Å². The number of halogens is 1. The van der Waals surface area contributed by atoms with Crippen LogP contribution in [0, 0.1) is 5.92 Å². The molecule has 1 unspecified atom stereocenters. The Morgan fingerprint density at radius 2 is 2.29 bits per heavy atom. The van der Waals surface area contributed by atoms with Gasteiger partial charge < -0.3 is 10.4 Å². The average molecular weight is 276 g/mol. The molecular weight excluding hydrogens is 262 g/mol. The molecule has 0 saturated carbocycles. The van der Waals surface area contributed by atoms with E-state index >= 15 is 0 Å². The molecule has 0 spiro atoms. The lowest BCUT2D eigenvalue weighted by Gasteiger charge is -2.10. The third-order valence-corrected chi connectivity index (χ3v) is 3.63. The molecule has 1 aromatic rings. The molecule has 1 rings (SSSR count). The molecule has 0 saturated heterocycles. The zero-order valence-corrected chi connectivity index (χ0v) is 11.0. The lowest BCUT2D eigenvalue weighted by Crippen LogP contribution is -2.28. The number of hydrogen-bond acceptors (Lipinski definition) is 3. The maximum atomic E-state index is 11.7. The molecule has 1 heterocycles. The molecule has 0 radical (unpaired) electrons. The maximum absolute atomic E-state index is 11.7. The van der Waals surface area contributed by atoms with Gasteiger partial charge in [0.1, 0.15) is 4.88 Å². The number of carboxylic acid groups (broad SMARTS) is 1. The highest BCUT2D eigenvalue weighted by Crippen LogP contribution is 2.21. The topological polar surface area (TPSA) is 66.4 Å². The largest absolute Gasteiger partial charge is 0.481 e. The highest BCUT2D eigenvalue weighted by molar-refractivity contribution is 7.12. The van der Waals surface area contributed by atoms with Gasteiger partial charge in [0.05, 0.1) is 5.02 Å². The number of hydrogen-bond donors (Lipinski definition) is 2. The van der Waals surface area contributed by atoms with Gasteiger partial charge in [-0.1, -0.05) is 18.5 Å². The molecule has 0 fully saturated rings. The van der Waals surface area contributed by atoms with Crippen LogP contribution in [0.25, 0.3) is 0 Å². The highest BCUT2D eigenvalue weighted by Gasteiger charge is 2.13. The smallest absolute Gasteiger partial charge is 0.303 e. The fourth-order valence-corrected chi connectivity index (χ4v) is 2.33. The molecule has 1 amide bonds. The van der Waals surface area contributed by atoms with Crippen molar-refractivity contribution >= 4 is 34.8 Å². The molecule has 0 aliphatic heterocycles. The molecule has 1 atom stereocenters. The van der Waals surface area contributed by atoms with Crippen LogP contribution in [0.15, 0.2) is 11.4 Å². The summed E-state index contributed by atoms with van der Waals surface area (Å²) < 4.78 is 0. The quantitative estimate of drug-likeness (QED) is 0.839. The van der Waals surface area contributed by atoms with Crippen molar-refractivity contribution in [3.05, 3.63) is 21.3 Å². The van der Waals surface area contributed by atoms with E-state index in [0.29, 0.717) is 22.9 Å². The van der Waals surface area contributed by atoms with Crippen molar-refractivity contribution in [1.29, 1.82) is 0 Å². The Kier molecular flexibility index (Phi) is 5.44. The second kappa shape index (κ2) is 6.61. The molecule has 0 bridgehead atoms. The van der Waals surface area contributed by atoms with Gasteiger partial charge in [-0.05, 0) is 23.8 Å². The van der Waals surface area contributed by atoms with Gasteiger partial charge in [-0.25, -0.2) is 0 Å². The van der Waals surface area contributed by atoms with Crippen molar-refractivity contribution in [3.63, 3.8) is 0 Å². The van der Waals surface area contributed by atoms with Gasteiger partial charge in [0.15, 0.2) is 0 Å². The fraction of sp³-hybridized carbons (Fsp3) is 0.455. The van der Waals surface area contributed by atoms with E-state index in [9.17, 15) is 9.59 Å². The molecule has 0 aliphatic carbocycles. The predicted molar refractivity (Wildman–Crippen MR) is 67.7 cm³/mol. The third kappa shape index (κ3) is 4.75. The first-order valence-electron chi connectivity index (χ1n) is 5.23. The fourth-order valence-electron chi connectivity index (χ4n) is 1.27. The van der Waals surface area contributed by atoms with Crippen molar-refractivity contribution in [2.24, 2.45) is 5.92 Å². The number of amides is 1. The first-order chi connectivity index (χ1) is 8.00. The van der Waals surface area contributed by atoms with E-state index in [2.05, 4.69) is 5.32 Å². The maximum Gasteiger partial charge on any atom is 0.303 e. The first kappa shape index (κ1) is 14.0. The van der Waals surface area contributed by atoms with Crippen molar-refractivity contribution in [1.82, 2.24) is 5.32 Å². The molecular formula is C11H14ClNO3S. The van der Waals surface area contributed by atoms with E-state index in [1.165, 1.54) is 11.3 Å². The SMILES string of the molecule is CC(CCC(=O)O)CNC(=O)c1sccc1Cl. The minimum absolute atomic E-state index is 0.122. The molecule has 0 aromatic carbocycles. The van der Waals surface area contributed by atoms with Crippen LogP contribution in [0.4, 0.5) is 0 Å². The van der Waals surface area contributed by atoms with Crippen LogP contribution in [0.3, 0.4) is 0 Å². The number of carbonyl (C=O) groups excluding carboxylic acids is 1. The monoisotopic (exact) mass is 275 g/mol. The van der Waals surface area contributed by atoms with Crippen LogP contribution in [0.1, 0.15) is 29.4 Å². The second-order valence-electron chi connectivity index (χ2n) is 3.85. The summed E-state index contributed by atoms with van der Waals surface area (Å²) in [6.07, 6.45) is 0.671. The summed E-state index contributed by atoms with van der Waals surface area (Å²) in [5.74, 6) is -0.884. The highest BCUT2D eigenvalue weighted by atomic mass is 35.5. The van der Waals surface area contributed by atoms with Gasteiger partial charge in [-0.2, -0.15) is 0 Å². The summed E-state index contributed by atoms with van der Waals surface area (Å²) >= 11 is 7.11. The summed E-state index contributed by atoms with van der Waals surface area (Å²) in [4.78, 5) is 22.5. The summed E-state index contributed by atoms with van der Waals surface area (Å²) in [6, 6.07) is 1.68. The molecule has 2 N–H and O–H groups in total. The summed E-state index contributed by atoms with van der Waals surface area (Å²) in [5, 5.41) is 13.5. The summed E-state index contributed by atoms with van der Waals surface area (Å²) in [6.45, 7) is 2.36. The molecule has 4 nitrogen and oxygen atoms in total. The number of carboxylic acids is 1. The van der Waals surface area contributed by atoms with E-state index < -0.39 is 5.97 Å². The zero-order chi connectivity index (χ0) is 12.8. The van der Waals surface area contributed by atoms with Crippen LogP contribution in [0.2, 0.25) is 5.02 Å². The van der Waals surface area contributed by atoms with E-state index in [0.717, 1.165) is 0 Å². The van der Waals surface area contributed by atoms with Crippen LogP contribution in [-0.4, -0.2) is 23.5 Å². The Morgan fingerprint density at radius 1 is 1.59 bits per heavy atom. The number of thiophene rings is 1. The molecule has 94 valence electrons. The van der Waals surface area contributed by atoms with Crippen LogP contribution >= 0.6 is 22.9 Å². The Hall–Kier alpha value is -1.07. The van der Waals surface area contributed by atoms with Gasteiger partial charge in [0.2, 0.25) is 0 Å². The van der Waals surface area contributed by atoms with E-state index in [4.69, 9.17) is 16.7 Å². The number of nitrogens with one attached hydrogen (secondary N) is 1. The van der Waals surface area contributed by atoms with Crippen molar-refractivity contribution < 1.29 is 14.7 Å². The van der Waals surface area contributed by atoms with Crippen molar-refractivity contribution in [2.75, 3.05) is 6.54 Å². The van der Waals surface area contributed by atoms with E-state index in [-0.39, 0.29) is 18.2 Å². The predicted octanol–water partition coefficient (Wildman–Crippen LogP) is 2.63. The Bertz CT molecular complexity index is 405. The summed E-state index contributed by atoms with van der Waals surface area (Å²) in [7, 11) is 0. The van der Waals surface area contributed by atoms with Gasteiger partial charge in [0.25, 0.3) is 5.91 Å². The van der Waals surface area contributed by atoms with E-state index in [1.54, 1.807) is 11.4 Å². The zero-order valence-electron chi connectivity index (χ0n) is 9.40. The number of aliphatic carboxylic acids is 1. The van der Waals surface area contributed by atoms with E-state index in [1.807, 2.05) is 6.92 Å². The van der Waals surface area contributed by atoms with Crippen LogP contribution < -0.4 is 5.32 Å². The number of rotatable bonds is 6.